The van der Waals surface area contributed by atoms with Gasteiger partial charge < -0.3 is 5.32 Å². The van der Waals surface area contributed by atoms with Crippen LogP contribution < -0.4 is 5.32 Å². The highest BCUT2D eigenvalue weighted by Gasteiger charge is 2.15. The van der Waals surface area contributed by atoms with Crippen molar-refractivity contribution in [2.24, 2.45) is 0 Å². The zero-order chi connectivity index (χ0) is 15.2. The molecular weight excluding hydrogens is 286 g/mol. The summed E-state index contributed by atoms with van der Waals surface area (Å²) in [5.74, 6) is 0. The van der Waals surface area contributed by atoms with Crippen molar-refractivity contribution in [1.82, 2.24) is 10.3 Å². The van der Waals surface area contributed by atoms with Gasteiger partial charge in [-0.3, -0.25) is 10.1 Å². The molecule has 21 heavy (non-hydrogen) atoms. The van der Waals surface area contributed by atoms with Gasteiger partial charge in [0.25, 0.3) is 5.69 Å². The fourth-order valence-electron chi connectivity index (χ4n) is 2.12. The summed E-state index contributed by atoms with van der Waals surface area (Å²) < 4.78 is 0. The summed E-state index contributed by atoms with van der Waals surface area (Å²) in [5.41, 5.74) is 1.21. The predicted molar refractivity (Wildman–Crippen MR) is 84.7 cm³/mol. The van der Waals surface area contributed by atoms with Crippen molar-refractivity contribution in [2.75, 3.05) is 6.54 Å². The highest BCUT2D eigenvalue weighted by molar-refractivity contribution is 7.11. The van der Waals surface area contributed by atoms with Gasteiger partial charge in [-0.1, -0.05) is 19.1 Å². The van der Waals surface area contributed by atoms with Gasteiger partial charge in [-0.2, -0.15) is 0 Å². The minimum Gasteiger partial charge on any atom is -0.309 e. The van der Waals surface area contributed by atoms with Crippen LogP contribution in [0.2, 0.25) is 0 Å². The van der Waals surface area contributed by atoms with Crippen LogP contribution in [-0.4, -0.2) is 16.5 Å². The van der Waals surface area contributed by atoms with E-state index in [1.54, 1.807) is 23.5 Å². The van der Waals surface area contributed by atoms with Crippen LogP contribution >= 0.6 is 11.3 Å². The SMILES string of the molecule is CCCNC(Cc1ccc([N+](=O)[O-])cc1)c1cnc(C)s1. The van der Waals surface area contributed by atoms with Crippen LogP contribution in [0, 0.1) is 17.0 Å². The molecule has 0 fully saturated rings. The highest BCUT2D eigenvalue weighted by Crippen LogP contribution is 2.25. The monoisotopic (exact) mass is 305 g/mol. The van der Waals surface area contributed by atoms with E-state index >= 15 is 0 Å². The molecule has 0 saturated heterocycles. The number of aromatic nitrogens is 1. The molecule has 0 aliphatic rings. The summed E-state index contributed by atoms with van der Waals surface area (Å²) in [4.78, 5) is 15.8. The average Bonchev–Trinajstić information content (AvgIpc) is 2.90. The fraction of sp³-hybridized carbons (Fsp3) is 0.400. The van der Waals surface area contributed by atoms with E-state index in [1.165, 1.54) is 4.88 Å². The summed E-state index contributed by atoms with van der Waals surface area (Å²) in [6.07, 6.45) is 3.78. The average molecular weight is 305 g/mol. The molecule has 6 heteroatoms. The third-order valence-corrected chi connectivity index (χ3v) is 4.24. The maximum absolute atomic E-state index is 10.7. The Morgan fingerprint density at radius 3 is 2.62 bits per heavy atom. The summed E-state index contributed by atoms with van der Waals surface area (Å²) in [7, 11) is 0. The van der Waals surface area contributed by atoms with Crippen LogP contribution in [0.3, 0.4) is 0 Å². The lowest BCUT2D eigenvalue weighted by atomic mass is 10.0. The fourth-order valence-corrected chi connectivity index (χ4v) is 2.98. The van der Waals surface area contributed by atoms with Crippen LogP contribution in [-0.2, 0) is 6.42 Å². The molecule has 0 aliphatic heterocycles. The number of hydrogen-bond donors (Lipinski definition) is 1. The van der Waals surface area contributed by atoms with E-state index in [0.717, 1.165) is 30.0 Å². The van der Waals surface area contributed by atoms with Gasteiger partial charge in [0.05, 0.1) is 9.93 Å². The minimum absolute atomic E-state index is 0.130. The second kappa shape index (κ2) is 7.28. The Kier molecular flexibility index (Phi) is 5.41. The van der Waals surface area contributed by atoms with E-state index in [-0.39, 0.29) is 16.7 Å². The Hall–Kier alpha value is -1.79. The topological polar surface area (TPSA) is 68.1 Å². The van der Waals surface area contributed by atoms with E-state index in [4.69, 9.17) is 0 Å². The third-order valence-electron chi connectivity index (χ3n) is 3.21. The molecule has 1 aromatic carbocycles. The van der Waals surface area contributed by atoms with Gasteiger partial charge in [-0.15, -0.1) is 11.3 Å². The zero-order valence-electron chi connectivity index (χ0n) is 12.2. The van der Waals surface area contributed by atoms with Gasteiger partial charge in [0.2, 0.25) is 0 Å². The Labute approximate surface area is 128 Å². The minimum atomic E-state index is -0.372. The molecule has 0 spiro atoms. The molecule has 0 aliphatic carbocycles. The normalized spacial score (nSPS) is 12.3. The van der Waals surface area contributed by atoms with Crippen LogP contribution in [0.25, 0.3) is 0 Å². The molecule has 0 radical (unpaired) electrons. The summed E-state index contributed by atoms with van der Waals surface area (Å²) in [6, 6.07) is 6.98. The number of aryl methyl sites for hydroxylation is 1. The number of rotatable bonds is 7. The maximum Gasteiger partial charge on any atom is 0.269 e. The van der Waals surface area contributed by atoms with Crippen molar-refractivity contribution >= 4 is 17.0 Å². The smallest absolute Gasteiger partial charge is 0.269 e. The Balaban J connectivity index is 2.12. The quantitative estimate of drug-likeness (QED) is 0.626. The first kappa shape index (κ1) is 15.6. The van der Waals surface area contributed by atoms with Gasteiger partial charge >= 0.3 is 0 Å². The van der Waals surface area contributed by atoms with Gasteiger partial charge in [-0.05, 0) is 31.9 Å². The molecule has 0 bridgehead atoms. The van der Waals surface area contributed by atoms with Crippen molar-refractivity contribution < 1.29 is 4.92 Å². The number of nitrogens with zero attached hydrogens (tertiary/aromatic N) is 2. The molecular formula is C15H19N3O2S. The van der Waals surface area contributed by atoms with Gasteiger partial charge in [-0.25, -0.2) is 4.98 Å². The first-order chi connectivity index (χ1) is 10.1. The molecule has 1 unspecified atom stereocenters. The van der Waals surface area contributed by atoms with Crippen molar-refractivity contribution in [3.63, 3.8) is 0 Å². The second-order valence-electron chi connectivity index (χ2n) is 4.92. The van der Waals surface area contributed by atoms with Crippen LogP contribution in [0.4, 0.5) is 5.69 Å². The first-order valence-electron chi connectivity index (χ1n) is 6.99. The molecule has 0 saturated carbocycles. The lowest BCUT2D eigenvalue weighted by Gasteiger charge is -2.16. The number of thiazole rings is 1. The van der Waals surface area contributed by atoms with Crippen molar-refractivity contribution in [3.8, 4) is 0 Å². The Morgan fingerprint density at radius 2 is 2.10 bits per heavy atom. The summed E-state index contributed by atoms with van der Waals surface area (Å²) >= 11 is 1.69. The summed E-state index contributed by atoms with van der Waals surface area (Å²) in [5, 5.41) is 15.3. The number of nitrogens with one attached hydrogen (secondary N) is 1. The standard InChI is InChI=1S/C15H19N3O2S/c1-3-8-16-14(15-10-17-11(2)21-15)9-12-4-6-13(7-5-12)18(19)20/h4-7,10,14,16H,3,8-9H2,1-2H3. The Bertz CT molecular complexity index is 595. The number of nitro benzene ring substituents is 1. The first-order valence-corrected chi connectivity index (χ1v) is 7.81. The number of non-ortho nitro benzene ring substituents is 1. The second-order valence-corrected chi connectivity index (χ2v) is 6.18. The number of nitro groups is 1. The van der Waals surface area contributed by atoms with Crippen molar-refractivity contribution in [2.45, 2.75) is 32.7 Å². The third kappa shape index (κ3) is 4.34. The highest BCUT2D eigenvalue weighted by atomic mass is 32.1. The molecule has 1 heterocycles. The van der Waals surface area contributed by atoms with E-state index in [9.17, 15) is 10.1 Å². The Morgan fingerprint density at radius 1 is 1.38 bits per heavy atom. The van der Waals surface area contributed by atoms with E-state index < -0.39 is 0 Å². The van der Waals surface area contributed by atoms with E-state index in [2.05, 4.69) is 17.2 Å². The van der Waals surface area contributed by atoms with Crippen LogP contribution in [0.5, 0.6) is 0 Å². The number of hydrogen-bond acceptors (Lipinski definition) is 5. The molecule has 0 amide bonds. The molecule has 5 nitrogen and oxygen atoms in total. The summed E-state index contributed by atoms with van der Waals surface area (Å²) in [6.45, 7) is 5.07. The van der Waals surface area contributed by atoms with Crippen molar-refractivity contribution in [1.29, 1.82) is 0 Å². The molecule has 1 aromatic heterocycles. The predicted octanol–water partition coefficient (Wildman–Crippen LogP) is 3.64. The van der Waals surface area contributed by atoms with Gasteiger partial charge in [0, 0.05) is 29.2 Å². The van der Waals surface area contributed by atoms with E-state index in [0.29, 0.717) is 0 Å². The van der Waals surface area contributed by atoms with Crippen LogP contribution in [0.1, 0.15) is 34.8 Å². The van der Waals surface area contributed by atoms with Gasteiger partial charge in [0.15, 0.2) is 0 Å². The molecule has 1 N–H and O–H groups in total. The maximum atomic E-state index is 10.7. The lowest BCUT2D eigenvalue weighted by Crippen LogP contribution is -2.23. The van der Waals surface area contributed by atoms with Crippen LogP contribution in [0.15, 0.2) is 30.5 Å². The zero-order valence-corrected chi connectivity index (χ0v) is 13.0. The molecule has 1 atom stereocenters. The lowest BCUT2D eigenvalue weighted by molar-refractivity contribution is -0.384. The molecule has 2 aromatic rings. The molecule has 2 rings (SSSR count). The number of benzene rings is 1. The van der Waals surface area contributed by atoms with Crippen molar-refractivity contribution in [3.05, 3.63) is 56.0 Å². The van der Waals surface area contributed by atoms with E-state index in [1.807, 2.05) is 25.3 Å². The van der Waals surface area contributed by atoms with Gasteiger partial charge in [0.1, 0.15) is 0 Å². The molecule has 112 valence electrons. The largest absolute Gasteiger partial charge is 0.309 e.